The molecule has 0 bridgehead atoms. The summed E-state index contributed by atoms with van der Waals surface area (Å²) in [5.74, 6) is 2.19. The van der Waals surface area contributed by atoms with Crippen molar-refractivity contribution in [3.05, 3.63) is 11.7 Å². The molecule has 4 nitrogen and oxygen atoms in total. The lowest BCUT2D eigenvalue weighted by atomic mass is 10.4. The van der Waals surface area contributed by atoms with Crippen LogP contribution in [0.5, 0.6) is 0 Å². The van der Waals surface area contributed by atoms with E-state index in [1.165, 1.54) is 12.8 Å². The molecule has 1 saturated carbocycles. The highest BCUT2D eigenvalue weighted by Gasteiger charge is 2.27. The molecule has 2 rings (SSSR count). The third-order valence-corrected chi connectivity index (χ3v) is 1.49. The molecular weight excluding hydrogens is 130 g/mol. The summed E-state index contributed by atoms with van der Waals surface area (Å²) in [6.45, 7) is 1.82. The summed E-state index contributed by atoms with van der Waals surface area (Å²) in [6, 6.07) is 0. The molecule has 0 aromatic carbocycles. The van der Waals surface area contributed by atoms with Crippen LogP contribution in [-0.2, 0) is 0 Å². The van der Waals surface area contributed by atoms with Gasteiger partial charge in [-0.2, -0.15) is 4.98 Å². The van der Waals surface area contributed by atoms with Crippen LogP contribution in [0.15, 0.2) is 4.52 Å². The second kappa shape index (κ2) is 2.38. The van der Waals surface area contributed by atoms with Crippen molar-refractivity contribution in [3.63, 3.8) is 0 Å². The van der Waals surface area contributed by atoms with Gasteiger partial charge in [0.05, 0.1) is 0 Å². The molecular formula is C6H11N3O. The van der Waals surface area contributed by atoms with Crippen LogP contribution >= 0.6 is 0 Å². The highest BCUT2D eigenvalue weighted by molar-refractivity contribution is 5.02. The van der Waals surface area contributed by atoms with Crippen LogP contribution in [0.25, 0.3) is 0 Å². The molecule has 1 fully saturated rings. The molecule has 0 radical (unpaired) electrons. The Hall–Kier alpha value is -0.900. The van der Waals surface area contributed by atoms with Gasteiger partial charge in [-0.1, -0.05) is 5.16 Å². The van der Waals surface area contributed by atoms with E-state index >= 15 is 0 Å². The van der Waals surface area contributed by atoms with Crippen molar-refractivity contribution in [2.45, 2.75) is 25.7 Å². The first-order chi connectivity index (χ1) is 4.36. The fourth-order valence-electron chi connectivity index (χ4n) is 0.822. The molecule has 1 heterocycles. The zero-order valence-electron chi connectivity index (χ0n) is 6.00. The quantitative estimate of drug-likeness (QED) is 0.641. The fourth-order valence-corrected chi connectivity index (χ4v) is 0.822. The Bertz CT molecular complexity index is 217. The van der Waals surface area contributed by atoms with Crippen LogP contribution in [0.4, 0.5) is 0 Å². The summed E-state index contributed by atoms with van der Waals surface area (Å²) < 4.78 is 4.80. The smallest absolute Gasteiger partial charge is 0.223 e. The summed E-state index contributed by atoms with van der Waals surface area (Å²) in [5, 5.41) is 3.79. The summed E-state index contributed by atoms with van der Waals surface area (Å²) in [7, 11) is 0. The maximum Gasteiger partial charge on any atom is 0.223 e. The first-order valence-electron chi connectivity index (χ1n) is 3.16. The Labute approximate surface area is 59.2 Å². The van der Waals surface area contributed by atoms with Crippen molar-refractivity contribution < 1.29 is 4.52 Å². The normalized spacial score (nSPS) is 16.5. The Balaban J connectivity index is 0.000000500. The summed E-state index contributed by atoms with van der Waals surface area (Å²) >= 11 is 0. The topological polar surface area (TPSA) is 73.9 Å². The third kappa shape index (κ3) is 1.16. The Kier molecular flexibility index (Phi) is 1.72. The van der Waals surface area contributed by atoms with E-state index in [4.69, 9.17) is 4.52 Å². The number of aryl methyl sites for hydroxylation is 1. The number of hydrogen-bond donors (Lipinski definition) is 1. The minimum Gasteiger partial charge on any atom is -0.344 e. The van der Waals surface area contributed by atoms with Crippen LogP contribution in [-0.4, -0.2) is 10.1 Å². The van der Waals surface area contributed by atoms with Gasteiger partial charge in [0.15, 0.2) is 5.82 Å². The maximum atomic E-state index is 4.80. The first-order valence-corrected chi connectivity index (χ1v) is 3.16. The second-order valence-electron chi connectivity index (χ2n) is 2.45. The molecule has 0 aliphatic heterocycles. The largest absolute Gasteiger partial charge is 0.344 e. The predicted molar refractivity (Wildman–Crippen MR) is 36.0 cm³/mol. The fraction of sp³-hybridized carbons (Fsp3) is 0.667. The minimum atomic E-state index is 0. The van der Waals surface area contributed by atoms with Crippen molar-refractivity contribution in [1.82, 2.24) is 16.3 Å². The lowest BCUT2D eigenvalue weighted by molar-refractivity contribution is 0.387. The van der Waals surface area contributed by atoms with Gasteiger partial charge in [0.2, 0.25) is 5.89 Å². The van der Waals surface area contributed by atoms with Crippen LogP contribution in [0.1, 0.15) is 30.5 Å². The molecule has 0 unspecified atom stereocenters. The van der Waals surface area contributed by atoms with Crippen LogP contribution < -0.4 is 6.15 Å². The van der Waals surface area contributed by atoms with Crippen molar-refractivity contribution in [1.29, 1.82) is 0 Å². The molecule has 3 N–H and O–H groups in total. The zero-order valence-corrected chi connectivity index (χ0v) is 6.00. The van der Waals surface area contributed by atoms with E-state index < -0.39 is 0 Å². The molecule has 0 atom stereocenters. The van der Waals surface area contributed by atoms with Crippen LogP contribution in [0.3, 0.4) is 0 Å². The molecule has 56 valence electrons. The van der Waals surface area contributed by atoms with Gasteiger partial charge in [0.1, 0.15) is 0 Å². The number of nitrogens with zero attached hydrogens (tertiary/aromatic N) is 2. The summed E-state index contributed by atoms with van der Waals surface area (Å²) in [4.78, 5) is 4.09. The van der Waals surface area contributed by atoms with Gasteiger partial charge in [-0.25, -0.2) is 0 Å². The molecule has 1 aliphatic rings. The lowest BCUT2D eigenvalue weighted by Gasteiger charge is -1.77. The van der Waals surface area contributed by atoms with Crippen molar-refractivity contribution in [2.24, 2.45) is 0 Å². The zero-order chi connectivity index (χ0) is 6.27. The van der Waals surface area contributed by atoms with Gasteiger partial charge in [-0.05, 0) is 12.8 Å². The van der Waals surface area contributed by atoms with Gasteiger partial charge < -0.3 is 10.7 Å². The average Bonchev–Trinajstić information content (AvgIpc) is 2.58. The molecule has 0 saturated heterocycles. The Morgan fingerprint density at radius 2 is 2.20 bits per heavy atom. The standard InChI is InChI=1S/C6H8N2O.H3N/c1-4-7-6(8-9-4)5-2-3-5;/h5H,2-3H2,1H3;1H3. The SMILES string of the molecule is Cc1nc(C2CC2)no1.N. The highest BCUT2D eigenvalue weighted by Crippen LogP contribution is 2.37. The van der Waals surface area contributed by atoms with E-state index in [0.29, 0.717) is 11.8 Å². The molecule has 1 aromatic rings. The van der Waals surface area contributed by atoms with E-state index in [0.717, 1.165) is 5.82 Å². The maximum absolute atomic E-state index is 4.80. The molecule has 0 spiro atoms. The molecule has 1 aliphatic carbocycles. The van der Waals surface area contributed by atoms with E-state index in [1.54, 1.807) is 0 Å². The van der Waals surface area contributed by atoms with Crippen LogP contribution in [0, 0.1) is 6.92 Å². The van der Waals surface area contributed by atoms with E-state index in [-0.39, 0.29) is 6.15 Å². The van der Waals surface area contributed by atoms with Crippen molar-refractivity contribution in [3.8, 4) is 0 Å². The Morgan fingerprint density at radius 1 is 1.50 bits per heavy atom. The van der Waals surface area contributed by atoms with E-state index in [1.807, 2.05) is 6.92 Å². The van der Waals surface area contributed by atoms with Gasteiger partial charge in [0.25, 0.3) is 0 Å². The monoisotopic (exact) mass is 141 g/mol. The predicted octanol–water partition coefficient (Wildman–Crippen LogP) is 1.42. The highest BCUT2D eigenvalue weighted by atomic mass is 16.5. The second-order valence-corrected chi connectivity index (χ2v) is 2.45. The average molecular weight is 141 g/mol. The van der Waals surface area contributed by atoms with Gasteiger partial charge >= 0.3 is 0 Å². The van der Waals surface area contributed by atoms with Gasteiger partial charge in [0, 0.05) is 12.8 Å². The van der Waals surface area contributed by atoms with Gasteiger partial charge in [-0.15, -0.1) is 0 Å². The third-order valence-electron chi connectivity index (χ3n) is 1.49. The summed E-state index contributed by atoms with van der Waals surface area (Å²) in [6.07, 6.45) is 2.47. The molecule has 10 heavy (non-hydrogen) atoms. The number of aromatic nitrogens is 2. The van der Waals surface area contributed by atoms with Crippen molar-refractivity contribution >= 4 is 0 Å². The summed E-state index contributed by atoms with van der Waals surface area (Å²) in [5.41, 5.74) is 0. The Morgan fingerprint density at radius 3 is 2.60 bits per heavy atom. The van der Waals surface area contributed by atoms with E-state index in [2.05, 4.69) is 10.1 Å². The molecule has 0 amide bonds. The van der Waals surface area contributed by atoms with Gasteiger partial charge in [-0.3, -0.25) is 0 Å². The lowest BCUT2D eigenvalue weighted by Crippen LogP contribution is -1.80. The van der Waals surface area contributed by atoms with Crippen molar-refractivity contribution in [2.75, 3.05) is 0 Å². The van der Waals surface area contributed by atoms with E-state index in [9.17, 15) is 0 Å². The molecule has 1 aromatic heterocycles. The minimum absolute atomic E-state index is 0. The number of rotatable bonds is 1. The number of hydrogen-bond acceptors (Lipinski definition) is 4. The van der Waals surface area contributed by atoms with Crippen LogP contribution in [0.2, 0.25) is 0 Å². The molecule has 4 heteroatoms. The first kappa shape index (κ1) is 7.21.